The average molecular weight is 402 g/mol. The molecule has 2 aromatic rings. The van der Waals surface area contributed by atoms with Crippen molar-refractivity contribution in [2.24, 2.45) is 0 Å². The number of halogens is 2. The highest BCUT2D eigenvalue weighted by Gasteiger charge is 2.17. The van der Waals surface area contributed by atoms with Crippen LogP contribution in [0, 0.1) is 0 Å². The Morgan fingerprint density at radius 1 is 1.40 bits per heavy atom. The van der Waals surface area contributed by atoms with Gasteiger partial charge in [-0.25, -0.2) is 0 Å². The van der Waals surface area contributed by atoms with Crippen LogP contribution in [0.25, 0.3) is 0 Å². The number of carbonyl (C=O) groups is 1. The van der Waals surface area contributed by atoms with E-state index in [1.54, 1.807) is 18.0 Å². The molecular weight excluding hydrogens is 388 g/mol. The van der Waals surface area contributed by atoms with Gasteiger partial charge >= 0.3 is 0 Å². The maximum absolute atomic E-state index is 12.4. The summed E-state index contributed by atoms with van der Waals surface area (Å²) in [5.74, 6) is 0.0311. The van der Waals surface area contributed by atoms with Gasteiger partial charge in [0.05, 0.1) is 23.8 Å². The number of ether oxygens (including phenoxy) is 1. The third-order valence-electron chi connectivity index (χ3n) is 2.82. The van der Waals surface area contributed by atoms with Gasteiger partial charge in [0.15, 0.2) is 5.78 Å². The van der Waals surface area contributed by atoms with Crippen molar-refractivity contribution >= 4 is 37.6 Å². The van der Waals surface area contributed by atoms with Crippen LogP contribution in [0.15, 0.2) is 39.4 Å². The fourth-order valence-electron chi connectivity index (χ4n) is 1.90. The molecule has 2 rings (SSSR count). The van der Waals surface area contributed by atoms with E-state index in [9.17, 15) is 4.79 Å². The molecule has 0 bridgehead atoms. The van der Waals surface area contributed by atoms with Crippen molar-refractivity contribution in [3.05, 3.63) is 50.7 Å². The van der Waals surface area contributed by atoms with E-state index in [4.69, 9.17) is 4.74 Å². The molecule has 1 heterocycles. The first kappa shape index (κ1) is 15.4. The van der Waals surface area contributed by atoms with Gasteiger partial charge in [-0.2, -0.15) is 5.10 Å². The molecule has 0 aliphatic rings. The normalized spacial score (nSPS) is 10.8. The van der Waals surface area contributed by atoms with Gasteiger partial charge in [-0.15, -0.1) is 0 Å². The number of rotatable bonds is 6. The maximum atomic E-state index is 12.4. The van der Waals surface area contributed by atoms with Gasteiger partial charge in [0.2, 0.25) is 0 Å². The number of benzene rings is 1. The Balaban J connectivity index is 2.18. The monoisotopic (exact) mass is 400 g/mol. The van der Waals surface area contributed by atoms with E-state index < -0.39 is 0 Å². The summed E-state index contributed by atoms with van der Waals surface area (Å²) in [6.07, 6.45) is 1.99. The number of hydrogen-bond donors (Lipinski definition) is 0. The van der Waals surface area contributed by atoms with Crippen LogP contribution in [0.3, 0.4) is 0 Å². The molecule has 0 unspecified atom stereocenters. The smallest absolute Gasteiger partial charge is 0.186 e. The zero-order valence-corrected chi connectivity index (χ0v) is 14.1. The first-order valence-corrected chi connectivity index (χ1v) is 7.68. The predicted molar refractivity (Wildman–Crippen MR) is 84.0 cm³/mol. The second-order valence-corrected chi connectivity index (χ2v) is 6.06. The Bertz CT molecular complexity index is 611. The molecule has 4 nitrogen and oxygen atoms in total. The summed E-state index contributed by atoms with van der Waals surface area (Å²) in [5.41, 5.74) is 1.55. The summed E-state index contributed by atoms with van der Waals surface area (Å²) < 4.78 is 8.39. The van der Waals surface area contributed by atoms with Crippen LogP contribution in [0.4, 0.5) is 0 Å². The second-order valence-electron chi connectivity index (χ2n) is 4.29. The average Bonchev–Trinajstić information content (AvgIpc) is 2.77. The van der Waals surface area contributed by atoms with Crippen molar-refractivity contribution in [3.8, 4) is 0 Å². The Morgan fingerprint density at radius 3 is 2.90 bits per heavy atom. The van der Waals surface area contributed by atoms with Crippen molar-refractivity contribution in [1.82, 2.24) is 9.78 Å². The molecule has 0 fully saturated rings. The zero-order valence-electron chi connectivity index (χ0n) is 11.0. The van der Waals surface area contributed by atoms with Crippen molar-refractivity contribution < 1.29 is 9.53 Å². The van der Waals surface area contributed by atoms with E-state index in [-0.39, 0.29) is 5.78 Å². The van der Waals surface area contributed by atoms with Crippen LogP contribution >= 0.6 is 31.9 Å². The van der Waals surface area contributed by atoms with Crippen LogP contribution in [-0.2, 0) is 17.7 Å². The Kier molecular flexibility index (Phi) is 5.51. The molecule has 6 heteroatoms. The summed E-state index contributed by atoms with van der Waals surface area (Å²) in [6, 6.07) is 7.74. The van der Waals surface area contributed by atoms with Crippen molar-refractivity contribution in [1.29, 1.82) is 0 Å². The summed E-state index contributed by atoms with van der Waals surface area (Å²) in [6.45, 7) is 1.08. The van der Waals surface area contributed by atoms with Gasteiger partial charge in [0, 0.05) is 18.0 Å². The molecule has 0 aliphatic heterocycles. The number of nitrogens with zero attached hydrogens (tertiary/aromatic N) is 2. The molecule has 0 aliphatic carbocycles. The summed E-state index contributed by atoms with van der Waals surface area (Å²) in [7, 11) is 1.63. The number of ketones is 1. The van der Waals surface area contributed by atoms with Crippen LogP contribution in [0.2, 0.25) is 0 Å². The van der Waals surface area contributed by atoms with Crippen molar-refractivity contribution in [2.45, 2.75) is 13.0 Å². The molecule has 0 N–H and O–H groups in total. The number of hydrogen-bond acceptors (Lipinski definition) is 3. The summed E-state index contributed by atoms with van der Waals surface area (Å²) >= 11 is 6.79. The lowest BCUT2D eigenvalue weighted by atomic mass is 10.1. The van der Waals surface area contributed by atoms with E-state index >= 15 is 0 Å². The predicted octanol–water partition coefficient (Wildman–Crippen LogP) is 3.48. The molecule has 20 heavy (non-hydrogen) atoms. The minimum atomic E-state index is 0.0311. The first-order chi connectivity index (χ1) is 9.61. The minimum absolute atomic E-state index is 0.0311. The lowest BCUT2D eigenvalue weighted by Gasteiger charge is -2.07. The Labute approximate surface area is 134 Å². The SMILES string of the molecule is COCCn1ncc(Br)c1C(=O)Cc1cccc(Br)c1. The fraction of sp³-hybridized carbons (Fsp3) is 0.286. The largest absolute Gasteiger partial charge is 0.383 e. The van der Waals surface area contributed by atoms with Crippen molar-refractivity contribution in [2.75, 3.05) is 13.7 Å². The third-order valence-corrected chi connectivity index (χ3v) is 3.89. The number of carbonyl (C=O) groups excluding carboxylic acids is 1. The maximum Gasteiger partial charge on any atom is 0.186 e. The highest BCUT2D eigenvalue weighted by Crippen LogP contribution is 2.19. The third kappa shape index (κ3) is 3.77. The van der Waals surface area contributed by atoms with E-state index in [1.165, 1.54) is 0 Å². The van der Waals surface area contributed by atoms with E-state index in [0.717, 1.165) is 10.0 Å². The topological polar surface area (TPSA) is 44.1 Å². The number of methoxy groups -OCH3 is 1. The first-order valence-electron chi connectivity index (χ1n) is 6.09. The Morgan fingerprint density at radius 2 is 2.20 bits per heavy atom. The van der Waals surface area contributed by atoms with Gasteiger partial charge in [-0.3, -0.25) is 9.48 Å². The van der Waals surface area contributed by atoms with E-state index in [1.807, 2.05) is 24.3 Å². The molecule has 0 amide bonds. The Hall–Kier alpha value is -0.980. The van der Waals surface area contributed by atoms with Crippen molar-refractivity contribution in [3.63, 3.8) is 0 Å². The molecule has 1 aromatic heterocycles. The van der Waals surface area contributed by atoms with Gasteiger partial charge in [0.1, 0.15) is 5.69 Å². The fourth-order valence-corrected chi connectivity index (χ4v) is 2.87. The van der Waals surface area contributed by atoms with Crippen LogP contribution < -0.4 is 0 Å². The van der Waals surface area contributed by atoms with E-state index in [0.29, 0.717) is 29.7 Å². The van der Waals surface area contributed by atoms with E-state index in [2.05, 4.69) is 37.0 Å². The zero-order chi connectivity index (χ0) is 14.5. The quantitative estimate of drug-likeness (QED) is 0.696. The minimum Gasteiger partial charge on any atom is -0.383 e. The standard InChI is InChI=1S/C14H14Br2N2O2/c1-20-6-5-18-14(12(16)9-17-18)13(19)8-10-3-2-4-11(15)7-10/h2-4,7,9H,5-6,8H2,1H3. The van der Waals surface area contributed by atoms with Gasteiger partial charge in [-0.1, -0.05) is 28.1 Å². The molecule has 0 saturated heterocycles. The summed E-state index contributed by atoms with van der Waals surface area (Å²) in [5, 5.41) is 4.19. The summed E-state index contributed by atoms with van der Waals surface area (Å²) in [4.78, 5) is 12.4. The number of Topliss-reactive ketones (excluding diaryl/α,β-unsaturated/α-hetero) is 1. The van der Waals surface area contributed by atoms with Crippen LogP contribution in [0.1, 0.15) is 16.1 Å². The van der Waals surface area contributed by atoms with Crippen LogP contribution in [-0.4, -0.2) is 29.3 Å². The van der Waals surface area contributed by atoms with Gasteiger partial charge in [0.25, 0.3) is 0 Å². The molecule has 0 atom stereocenters. The van der Waals surface area contributed by atoms with Crippen LogP contribution in [0.5, 0.6) is 0 Å². The molecule has 1 aromatic carbocycles. The highest BCUT2D eigenvalue weighted by molar-refractivity contribution is 9.10. The molecular formula is C14H14Br2N2O2. The molecule has 106 valence electrons. The lowest BCUT2D eigenvalue weighted by molar-refractivity contribution is 0.0978. The molecule has 0 radical (unpaired) electrons. The lowest BCUT2D eigenvalue weighted by Crippen LogP contribution is -2.15. The highest BCUT2D eigenvalue weighted by atomic mass is 79.9. The number of aromatic nitrogens is 2. The molecule has 0 spiro atoms. The second kappa shape index (κ2) is 7.15. The van der Waals surface area contributed by atoms with Gasteiger partial charge in [-0.05, 0) is 33.6 Å². The van der Waals surface area contributed by atoms with Gasteiger partial charge < -0.3 is 4.74 Å². The molecule has 0 saturated carbocycles.